The number of imidazole rings is 1. The number of carbonyl (C=O) groups is 1. The van der Waals surface area contributed by atoms with Gasteiger partial charge in [0.2, 0.25) is 11.9 Å². The molecule has 1 aliphatic heterocycles. The number of ether oxygens (including phenoxy) is 1. The highest BCUT2D eigenvalue weighted by Crippen LogP contribution is 2.64. The van der Waals surface area contributed by atoms with Crippen molar-refractivity contribution in [3.8, 4) is 0 Å². The molecule has 0 aromatic carbocycles. The average Bonchev–Trinajstić information content (AvgIpc) is 3.34. The predicted octanol–water partition coefficient (Wildman–Crippen LogP) is 2.75. The van der Waals surface area contributed by atoms with Crippen molar-refractivity contribution in [2.45, 2.75) is 56.6 Å². The fraction of sp³-hybridized carbons (Fsp3) is 0.600. The topological polar surface area (TPSA) is 117 Å². The van der Waals surface area contributed by atoms with Crippen LogP contribution in [-0.2, 0) is 22.1 Å². The minimum absolute atomic E-state index is 0.0180. The van der Waals surface area contributed by atoms with Crippen molar-refractivity contribution in [1.82, 2.24) is 19.1 Å². The summed E-state index contributed by atoms with van der Waals surface area (Å²) in [5, 5.41) is 3.85. The van der Waals surface area contributed by atoms with Crippen LogP contribution in [0.15, 0.2) is 33.9 Å². The maximum absolute atomic E-state index is 13.6. The second-order valence-electron chi connectivity index (χ2n) is 11.4. The highest BCUT2D eigenvalue weighted by Gasteiger charge is 2.61. The third kappa shape index (κ3) is 3.03. The molecule has 3 heterocycles. The van der Waals surface area contributed by atoms with Crippen LogP contribution in [0, 0.1) is 23.2 Å². The highest BCUT2D eigenvalue weighted by molar-refractivity contribution is 6.32. The van der Waals surface area contributed by atoms with Crippen LogP contribution in [0.2, 0.25) is 0 Å². The lowest BCUT2D eigenvalue weighted by molar-refractivity contribution is -0.151. The maximum atomic E-state index is 13.6. The first-order valence-electron chi connectivity index (χ1n) is 12.5. The van der Waals surface area contributed by atoms with Crippen molar-refractivity contribution in [3.05, 3.63) is 39.6 Å². The minimum atomic E-state index is -0.523. The van der Waals surface area contributed by atoms with Crippen molar-refractivity contribution >= 4 is 34.6 Å². The summed E-state index contributed by atoms with van der Waals surface area (Å²) in [4.78, 5) is 35.6. The second kappa shape index (κ2) is 7.20. The van der Waals surface area contributed by atoms with Crippen molar-refractivity contribution < 1.29 is 9.53 Å². The number of nitrogens with two attached hydrogens (primary N) is 1. The normalized spacial score (nSPS) is 37.3. The molecular weight excluding hydrogens is 468 g/mol. The van der Waals surface area contributed by atoms with Gasteiger partial charge in [0.1, 0.15) is 5.52 Å². The van der Waals surface area contributed by atoms with Crippen LogP contribution in [0.25, 0.3) is 11.2 Å². The first kappa shape index (κ1) is 21.6. The molecule has 4 atom stereocenters. The quantitative estimate of drug-likeness (QED) is 0.672. The molecule has 35 heavy (non-hydrogen) atoms. The third-order valence-electron chi connectivity index (χ3n) is 9.21. The Morgan fingerprint density at radius 1 is 1.26 bits per heavy atom. The lowest BCUT2D eigenvalue weighted by Crippen LogP contribution is -2.61. The molecule has 0 spiro atoms. The maximum Gasteiger partial charge on any atom is 0.330 e. The Labute approximate surface area is 207 Å². The lowest BCUT2D eigenvalue weighted by atomic mass is 9.46. The van der Waals surface area contributed by atoms with Crippen LogP contribution in [0.5, 0.6) is 0 Å². The summed E-state index contributed by atoms with van der Waals surface area (Å²) < 4.78 is 9.19. The number of hydrogen-bond donors (Lipinski definition) is 2. The molecular formula is C25H29ClN6O3. The van der Waals surface area contributed by atoms with Crippen molar-refractivity contribution in [2.24, 2.45) is 36.0 Å². The molecule has 184 valence electrons. The smallest absolute Gasteiger partial charge is 0.330 e. The van der Waals surface area contributed by atoms with Crippen LogP contribution in [0.3, 0.4) is 0 Å². The number of nitrogens with zero attached hydrogens (tertiary/aromatic N) is 4. The Morgan fingerprint density at radius 2 is 2.03 bits per heavy atom. The standard InChI is InChI=1S/C25H29ClN6O3/c1-31-18-11-28-22(29-17-5-15-2-3-35-19(15)6-16(17)26)30-20(18)32(23(31)34)25-9-13-4-14(10-25)8-24(7-13,12-25)21(27)33/h5-6,11,13-15,19H,2-4,7-10,12H2,1H3,(H2,27,33)(H,28,29,30). The summed E-state index contributed by atoms with van der Waals surface area (Å²) >= 11 is 6.53. The molecule has 4 unspecified atom stereocenters. The van der Waals surface area contributed by atoms with Gasteiger partial charge in [-0.15, -0.1) is 0 Å². The molecule has 0 radical (unpaired) electrons. The molecule has 4 bridgehead atoms. The van der Waals surface area contributed by atoms with Gasteiger partial charge in [0.15, 0.2) is 5.65 Å². The zero-order valence-corrected chi connectivity index (χ0v) is 20.4. The van der Waals surface area contributed by atoms with E-state index in [1.54, 1.807) is 17.8 Å². The highest BCUT2D eigenvalue weighted by atomic mass is 35.5. The number of allylic oxidation sites excluding steroid dienone is 1. The summed E-state index contributed by atoms with van der Waals surface area (Å²) in [5.41, 5.74) is 6.90. The molecule has 1 saturated heterocycles. The number of anilines is 1. The van der Waals surface area contributed by atoms with E-state index in [2.05, 4.69) is 16.4 Å². The number of hydrogen-bond acceptors (Lipinski definition) is 6. The second-order valence-corrected chi connectivity index (χ2v) is 11.8. The lowest BCUT2D eigenvalue weighted by Gasteiger charge is -2.60. The Morgan fingerprint density at radius 3 is 2.77 bits per heavy atom. The van der Waals surface area contributed by atoms with Gasteiger partial charge in [0, 0.05) is 19.6 Å². The fourth-order valence-electron chi connectivity index (χ4n) is 8.09. The van der Waals surface area contributed by atoms with Crippen molar-refractivity contribution in [1.29, 1.82) is 0 Å². The van der Waals surface area contributed by atoms with E-state index in [0.717, 1.165) is 50.8 Å². The average molecular weight is 497 g/mol. The van der Waals surface area contributed by atoms with E-state index in [1.165, 1.54) is 0 Å². The molecule has 4 saturated carbocycles. The Bertz CT molecular complexity index is 1380. The molecule has 2 aromatic heterocycles. The molecule has 6 aliphatic rings. The Kier molecular flexibility index (Phi) is 4.44. The van der Waals surface area contributed by atoms with Gasteiger partial charge >= 0.3 is 5.69 Å². The minimum Gasteiger partial charge on any atom is -0.373 e. The van der Waals surface area contributed by atoms with Gasteiger partial charge in [0.05, 0.1) is 34.0 Å². The van der Waals surface area contributed by atoms with Gasteiger partial charge in [-0.25, -0.2) is 9.78 Å². The number of aryl methyl sites for hydroxylation is 1. The number of amides is 1. The van der Waals surface area contributed by atoms with Crippen molar-refractivity contribution in [3.63, 3.8) is 0 Å². The largest absolute Gasteiger partial charge is 0.373 e. The molecule has 10 heteroatoms. The molecule has 3 N–H and O–H groups in total. The number of fused-ring (bicyclic) bond motifs is 2. The first-order chi connectivity index (χ1) is 16.8. The predicted molar refractivity (Wildman–Crippen MR) is 131 cm³/mol. The summed E-state index contributed by atoms with van der Waals surface area (Å²) in [6.45, 7) is 0.718. The van der Waals surface area contributed by atoms with Gasteiger partial charge in [0.25, 0.3) is 0 Å². The Hall–Kier alpha value is -2.65. The molecule has 5 fully saturated rings. The van der Waals surface area contributed by atoms with Crippen LogP contribution in [-0.4, -0.2) is 37.7 Å². The monoisotopic (exact) mass is 496 g/mol. The third-order valence-corrected chi connectivity index (χ3v) is 9.54. The number of primary amides is 1. The number of halogens is 1. The SMILES string of the molecule is Cn1c(=O)n(C23CC4CC(CC(C(N)=O)(C4)C2)C3)c2nc(NC3=CC4CCOC4C=C3Cl)ncc21. The van der Waals surface area contributed by atoms with E-state index < -0.39 is 11.0 Å². The van der Waals surface area contributed by atoms with Gasteiger partial charge in [-0.3, -0.25) is 13.9 Å². The number of aromatic nitrogens is 4. The van der Waals surface area contributed by atoms with E-state index in [-0.39, 0.29) is 23.6 Å². The van der Waals surface area contributed by atoms with Crippen molar-refractivity contribution in [2.75, 3.05) is 11.9 Å². The van der Waals surface area contributed by atoms with Gasteiger partial charge in [-0.1, -0.05) is 17.7 Å². The zero-order chi connectivity index (χ0) is 24.1. The van der Waals surface area contributed by atoms with Crippen LogP contribution < -0.4 is 16.7 Å². The number of rotatable bonds is 4. The molecule has 8 rings (SSSR count). The van der Waals surface area contributed by atoms with Crippen LogP contribution in [0.1, 0.15) is 44.9 Å². The van der Waals surface area contributed by atoms with Gasteiger partial charge in [-0.05, 0) is 62.9 Å². The fourth-order valence-corrected chi connectivity index (χ4v) is 8.33. The number of nitrogens with one attached hydrogen (secondary N) is 1. The molecule has 1 amide bonds. The van der Waals surface area contributed by atoms with E-state index in [9.17, 15) is 9.59 Å². The molecule has 2 aromatic rings. The van der Waals surface area contributed by atoms with E-state index in [0.29, 0.717) is 40.4 Å². The number of carbonyl (C=O) groups excluding carboxylic acids is 1. The van der Waals surface area contributed by atoms with Crippen LogP contribution in [0.4, 0.5) is 5.95 Å². The molecule has 5 aliphatic carbocycles. The molecule has 9 nitrogen and oxygen atoms in total. The van der Waals surface area contributed by atoms with Crippen LogP contribution >= 0.6 is 11.6 Å². The van der Waals surface area contributed by atoms with E-state index in [4.69, 9.17) is 27.1 Å². The summed E-state index contributed by atoms with van der Waals surface area (Å²) in [7, 11) is 1.76. The Balaban J connectivity index is 1.32. The van der Waals surface area contributed by atoms with E-state index >= 15 is 0 Å². The van der Waals surface area contributed by atoms with Gasteiger partial charge in [-0.2, -0.15) is 4.98 Å². The van der Waals surface area contributed by atoms with Gasteiger partial charge < -0.3 is 15.8 Å². The first-order valence-corrected chi connectivity index (χ1v) is 12.9. The summed E-state index contributed by atoms with van der Waals surface area (Å²) in [6, 6.07) is 0. The van der Waals surface area contributed by atoms with E-state index in [1.807, 2.05) is 10.6 Å². The zero-order valence-electron chi connectivity index (χ0n) is 19.7. The summed E-state index contributed by atoms with van der Waals surface area (Å²) in [5.74, 6) is 1.25. The summed E-state index contributed by atoms with van der Waals surface area (Å²) in [6.07, 6.45) is 11.8.